The number of benzene rings is 1. The Morgan fingerprint density at radius 1 is 1.45 bits per heavy atom. The summed E-state index contributed by atoms with van der Waals surface area (Å²) >= 11 is 0. The Morgan fingerprint density at radius 3 is 2.95 bits per heavy atom. The number of hydrogen-bond donors (Lipinski definition) is 2. The van der Waals surface area contributed by atoms with Crippen LogP contribution in [0.15, 0.2) is 18.2 Å². The van der Waals surface area contributed by atoms with Crippen LogP contribution in [0.25, 0.3) is 0 Å². The second-order valence-electron chi connectivity index (χ2n) is 5.29. The van der Waals surface area contributed by atoms with Gasteiger partial charge >= 0.3 is 0 Å². The van der Waals surface area contributed by atoms with Crippen molar-refractivity contribution < 1.29 is 9.72 Å². The molecule has 2 saturated heterocycles. The van der Waals surface area contributed by atoms with E-state index in [0.29, 0.717) is 17.6 Å². The molecule has 2 aliphatic heterocycles. The lowest BCUT2D eigenvalue weighted by atomic mass is 10.0. The molecule has 20 heavy (non-hydrogen) atoms. The Hall–Kier alpha value is -2.15. The topological polar surface area (TPSA) is 102 Å². The molecule has 7 nitrogen and oxygen atoms in total. The van der Waals surface area contributed by atoms with Gasteiger partial charge in [-0.05, 0) is 24.5 Å². The van der Waals surface area contributed by atoms with Gasteiger partial charge in [-0.15, -0.1) is 0 Å². The summed E-state index contributed by atoms with van der Waals surface area (Å²) in [6, 6.07) is 4.76. The van der Waals surface area contributed by atoms with Crippen molar-refractivity contribution in [2.75, 3.05) is 24.5 Å². The Bertz CT molecular complexity index is 575. The summed E-state index contributed by atoms with van der Waals surface area (Å²) in [6.45, 7) is 2.63. The summed E-state index contributed by atoms with van der Waals surface area (Å²) in [7, 11) is 0. The number of nitro benzene ring substituents is 1. The highest BCUT2D eigenvalue weighted by molar-refractivity contribution is 5.94. The van der Waals surface area contributed by atoms with Gasteiger partial charge in [-0.3, -0.25) is 14.9 Å². The van der Waals surface area contributed by atoms with Gasteiger partial charge in [-0.25, -0.2) is 0 Å². The van der Waals surface area contributed by atoms with Gasteiger partial charge in [0.15, 0.2) is 0 Å². The molecule has 0 aliphatic carbocycles. The lowest BCUT2D eigenvalue weighted by molar-refractivity contribution is -0.384. The number of primary amides is 1. The molecule has 1 amide bonds. The fourth-order valence-corrected chi connectivity index (χ4v) is 3.21. The van der Waals surface area contributed by atoms with E-state index >= 15 is 0 Å². The number of nitrogens with two attached hydrogens (primary N) is 1. The van der Waals surface area contributed by atoms with Crippen LogP contribution in [0.5, 0.6) is 0 Å². The maximum Gasteiger partial charge on any atom is 0.293 e. The summed E-state index contributed by atoms with van der Waals surface area (Å²) in [6.07, 6.45) is 1.03. The van der Waals surface area contributed by atoms with Crippen molar-refractivity contribution in [2.24, 2.45) is 11.7 Å². The molecule has 3 rings (SSSR count). The molecule has 2 heterocycles. The number of nitro groups is 1. The van der Waals surface area contributed by atoms with E-state index in [2.05, 4.69) is 10.2 Å². The third-order valence-electron chi connectivity index (χ3n) is 4.21. The minimum absolute atomic E-state index is 0.0474. The first-order valence-corrected chi connectivity index (χ1v) is 6.63. The minimum Gasteiger partial charge on any atom is -0.366 e. The normalized spacial score (nSPS) is 24.7. The molecule has 0 radical (unpaired) electrons. The molecule has 0 bridgehead atoms. The van der Waals surface area contributed by atoms with Gasteiger partial charge in [-0.2, -0.15) is 0 Å². The largest absolute Gasteiger partial charge is 0.366 e. The van der Waals surface area contributed by atoms with Crippen LogP contribution in [0.4, 0.5) is 11.4 Å². The number of nitrogens with zero attached hydrogens (tertiary/aromatic N) is 2. The van der Waals surface area contributed by atoms with Crippen LogP contribution in [-0.4, -0.2) is 36.5 Å². The first kappa shape index (κ1) is 12.9. The number of carbonyl (C=O) groups excluding carboxylic acids is 1. The Labute approximate surface area is 115 Å². The predicted octanol–water partition coefficient (Wildman–Crippen LogP) is 0.492. The van der Waals surface area contributed by atoms with Crippen LogP contribution < -0.4 is 16.0 Å². The first-order valence-electron chi connectivity index (χ1n) is 6.63. The molecule has 0 unspecified atom stereocenters. The maximum absolute atomic E-state index is 11.3. The number of anilines is 1. The standard InChI is InChI=1S/C13H16N4O3/c14-13(18)8-1-2-10(11(5-8)17(19)20)16-4-3-9-6-15-7-12(9)16/h1-2,5,9,12,15H,3-4,6-7H2,(H2,14,18)/t9-,12+/m0/s1. The van der Waals surface area contributed by atoms with E-state index in [9.17, 15) is 14.9 Å². The van der Waals surface area contributed by atoms with Gasteiger partial charge in [0, 0.05) is 37.3 Å². The predicted molar refractivity (Wildman–Crippen MR) is 73.7 cm³/mol. The number of nitrogens with one attached hydrogen (secondary N) is 1. The zero-order chi connectivity index (χ0) is 14.3. The minimum atomic E-state index is -0.651. The average Bonchev–Trinajstić information content (AvgIpc) is 3.00. The van der Waals surface area contributed by atoms with Crippen molar-refractivity contribution in [2.45, 2.75) is 12.5 Å². The van der Waals surface area contributed by atoms with Crippen LogP contribution in [-0.2, 0) is 0 Å². The molecule has 3 N–H and O–H groups in total. The molecule has 0 saturated carbocycles. The van der Waals surface area contributed by atoms with Gasteiger partial charge in [-0.1, -0.05) is 0 Å². The molecule has 7 heteroatoms. The second kappa shape index (κ2) is 4.75. The van der Waals surface area contributed by atoms with Crippen molar-refractivity contribution in [3.63, 3.8) is 0 Å². The van der Waals surface area contributed by atoms with Gasteiger partial charge in [0.1, 0.15) is 5.69 Å². The summed E-state index contributed by atoms with van der Waals surface area (Å²) in [4.78, 5) is 24.1. The molecular formula is C13H16N4O3. The van der Waals surface area contributed by atoms with Crippen LogP contribution in [0.3, 0.4) is 0 Å². The van der Waals surface area contributed by atoms with Crippen molar-refractivity contribution >= 4 is 17.3 Å². The molecule has 0 spiro atoms. The van der Waals surface area contributed by atoms with E-state index in [1.165, 1.54) is 6.07 Å². The number of carbonyl (C=O) groups is 1. The summed E-state index contributed by atoms with van der Waals surface area (Å²) < 4.78 is 0. The molecule has 2 fully saturated rings. The lowest BCUT2D eigenvalue weighted by Gasteiger charge is -2.25. The maximum atomic E-state index is 11.3. The molecule has 0 aromatic heterocycles. The van der Waals surface area contributed by atoms with E-state index < -0.39 is 10.8 Å². The summed E-state index contributed by atoms with van der Waals surface area (Å²) in [5, 5.41) is 14.6. The second-order valence-corrected chi connectivity index (χ2v) is 5.29. The fraction of sp³-hybridized carbons (Fsp3) is 0.462. The summed E-state index contributed by atoms with van der Waals surface area (Å²) in [5.74, 6) is -0.105. The number of rotatable bonds is 3. The molecule has 1 aromatic rings. The first-order chi connectivity index (χ1) is 9.58. The monoisotopic (exact) mass is 276 g/mol. The molecule has 2 atom stereocenters. The Kier molecular flexibility index (Phi) is 3.06. The summed E-state index contributed by atoms with van der Waals surface area (Å²) in [5.41, 5.74) is 5.89. The SMILES string of the molecule is NC(=O)c1ccc(N2CC[C@H]3CNC[C@H]32)c([N+](=O)[O-])c1. The molecule has 1 aromatic carbocycles. The van der Waals surface area contributed by atoms with Gasteiger partial charge in [0.25, 0.3) is 5.69 Å². The van der Waals surface area contributed by atoms with Crippen molar-refractivity contribution in [3.8, 4) is 0 Å². The number of amides is 1. The van der Waals surface area contributed by atoms with Crippen LogP contribution in [0.1, 0.15) is 16.8 Å². The van der Waals surface area contributed by atoms with Gasteiger partial charge in [0.2, 0.25) is 5.91 Å². The highest BCUT2D eigenvalue weighted by Gasteiger charge is 2.39. The molecule has 2 aliphatic rings. The van der Waals surface area contributed by atoms with Crippen LogP contribution >= 0.6 is 0 Å². The van der Waals surface area contributed by atoms with E-state index in [-0.39, 0.29) is 11.3 Å². The molecular weight excluding hydrogens is 260 g/mol. The van der Waals surface area contributed by atoms with E-state index in [4.69, 9.17) is 5.73 Å². The van der Waals surface area contributed by atoms with E-state index in [0.717, 1.165) is 26.1 Å². The Morgan fingerprint density at radius 2 is 2.25 bits per heavy atom. The third kappa shape index (κ3) is 2.00. The van der Waals surface area contributed by atoms with Crippen molar-refractivity contribution in [3.05, 3.63) is 33.9 Å². The zero-order valence-corrected chi connectivity index (χ0v) is 10.9. The van der Waals surface area contributed by atoms with Crippen LogP contribution in [0.2, 0.25) is 0 Å². The van der Waals surface area contributed by atoms with Gasteiger partial charge in [0.05, 0.1) is 4.92 Å². The number of fused-ring (bicyclic) bond motifs is 1. The fourth-order valence-electron chi connectivity index (χ4n) is 3.21. The highest BCUT2D eigenvalue weighted by atomic mass is 16.6. The van der Waals surface area contributed by atoms with Crippen molar-refractivity contribution in [1.82, 2.24) is 5.32 Å². The zero-order valence-electron chi connectivity index (χ0n) is 10.9. The van der Waals surface area contributed by atoms with E-state index in [1.807, 2.05) is 0 Å². The van der Waals surface area contributed by atoms with Gasteiger partial charge < -0.3 is 16.0 Å². The number of hydrogen-bond acceptors (Lipinski definition) is 5. The lowest BCUT2D eigenvalue weighted by Crippen LogP contribution is -2.34. The Balaban J connectivity index is 2.00. The van der Waals surface area contributed by atoms with Crippen LogP contribution in [0, 0.1) is 16.0 Å². The smallest absolute Gasteiger partial charge is 0.293 e. The quantitative estimate of drug-likeness (QED) is 0.618. The average molecular weight is 276 g/mol. The van der Waals surface area contributed by atoms with Crippen molar-refractivity contribution in [1.29, 1.82) is 0 Å². The highest BCUT2D eigenvalue weighted by Crippen LogP contribution is 2.37. The third-order valence-corrected chi connectivity index (χ3v) is 4.21. The van der Waals surface area contributed by atoms with E-state index in [1.54, 1.807) is 12.1 Å². The molecule has 106 valence electrons.